The number of aliphatic carboxylic acids is 1. The summed E-state index contributed by atoms with van der Waals surface area (Å²) in [5.74, 6) is 4.32. The van der Waals surface area contributed by atoms with Gasteiger partial charge in [0.05, 0.1) is 5.92 Å². The van der Waals surface area contributed by atoms with E-state index in [0.717, 1.165) is 32.1 Å². The number of nitrogens with one attached hydrogen (secondary N) is 1. The van der Waals surface area contributed by atoms with Crippen molar-refractivity contribution in [3.63, 3.8) is 0 Å². The molecule has 1 amide bonds. The van der Waals surface area contributed by atoms with Crippen molar-refractivity contribution in [2.75, 3.05) is 6.54 Å². The highest BCUT2D eigenvalue weighted by atomic mass is 16.6. The first kappa shape index (κ1) is 14.4. The van der Waals surface area contributed by atoms with Gasteiger partial charge in [0.25, 0.3) is 0 Å². The molecular weight excluding hydrogens is 234 g/mol. The Labute approximate surface area is 107 Å². The molecule has 0 fully saturated rings. The van der Waals surface area contributed by atoms with E-state index in [1.807, 2.05) is 0 Å². The number of hydrogen-bond donors (Lipinski definition) is 2. The van der Waals surface area contributed by atoms with E-state index in [-0.39, 0.29) is 12.6 Å². The van der Waals surface area contributed by atoms with E-state index in [9.17, 15) is 9.59 Å². The lowest BCUT2D eigenvalue weighted by molar-refractivity contribution is -0.140. The van der Waals surface area contributed by atoms with Gasteiger partial charge in [-0.2, -0.15) is 0 Å². The highest BCUT2D eigenvalue weighted by molar-refractivity contribution is 5.72. The van der Waals surface area contributed by atoms with E-state index in [0.29, 0.717) is 0 Å². The van der Waals surface area contributed by atoms with Crippen molar-refractivity contribution in [2.45, 2.75) is 45.1 Å². The third kappa shape index (κ3) is 5.58. The second kappa shape index (κ2) is 7.59. The summed E-state index contributed by atoms with van der Waals surface area (Å²) in [5.41, 5.74) is 0. The fourth-order valence-corrected chi connectivity index (χ4v) is 1.56. The zero-order valence-electron chi connectivity index (χ0n) is 10.6. The van der Waals surface area contributed by atoms with E-state index in [4.69, 9.17) is 9.84 Å². The van der Waals surface area contributed by atoms with Crippen molar-refractivity contribution in [3.8, 4) is 11.8 Å². The van der Waals surface area contributed by atoms with Gasteiger partial charge >= 0.3 is 12.1 Å². The third-order valence-corrected chi connectivity index (χ3v) is 2.75. The second-order valence-electron chi connectivity index (χ2n) is 4.43. The highest BCUT2D eigenvalue weighted by Gasteiger charge is 2.15. The molecule has 0 aromatic heterocycles. The molecule has 0 radical (unpaired) electrons. The molecule has 0 aliphatic heterocycles. The predicted molar refractivity (Wildman–Crippen MR) is 65.9 cm³/mol. The van der Waals surface area contributed by atoms with Gasteiger partial charge in [0.2, 0.25) is 0 Å². The molecule has 2 atom stereocenters. The Kier molecular flexibility index (Phi) is 6.06. The van der Waals surface area contributed by atoms with Crippen molar-refractivity contribution >= 4 is 12.1 Å². The smallest absolute Gasteiger partial charge is 0.408 e. The van der Waals surface area contributed by atoms with E-state index in [1.165, 1.54) is 6.92 Å². The molecule has 0 heterocycles. The van der Waals surface area contributed by atoms with Gasteiger partial charge in [-0.25, -0.2) is 4.79 Å². The van der Waals surface area contributed by atoms with Crippen LogP contribution < -0.4 is 5.32 Å². The second-order valence-corrected chi connectivity index (χ2v) is 4.43. The minimum atomic E-state index is -0.943. The molecule has 1 rings (SSSR count). The summed E-state index contributed by atoms with van der Waals surface area (Å²) in [7, 11) is 0. The van der Waals surface area contributed by atoms with Crippen LogP contribution in [0.4, 0.5) is 4.79 Å². The largest absolute Gasteiger partial charge is 0.481 e. The summed E-state index contributed by atoms with van der Waals surface area (Å²) in [5, 5.41) is 11.1. The van der Waals surface area contributed by atoms with Crippen molar-refractivity contribution in [2.24, 2.45) is 5.92 Å². The quantitative estimate of drug-likeness (QED) is 0.749. The van der Waals surface area contributed by atoms with Gasteiger partial charge in [0, 0.05) is 13.0 Å². The molecule has 0 saturated heterocycles. The van der Waals surface area contributed by atoms with Crippen molar-refractivity contribution < 1.29 is 19.4 Å². The van der Waals surface area contributed by atoms with Crippen LogP contribution in [0.2, 0.25) is 0 Å². The van der Waals surface area contributed by atoms with Crippen molar-refractivity contribution in [1.29, 1.82) is 0 Å². The molecule has 100 valence electrons. The standard InChI is InChI=1S/C13H19NO4/c1-10(12(15)16)9-14-13(17)18-11-7-5-3-2-4-6-8-11/h10-11H,2-5,7,9H2,1H3,(H,14,17)(H,15,16). The van der Waals surface area contributed by atoms with Crippen LogP contribution in [0.15, 0.2) is 0 Å². The van der Waals surface area contributed by atoms with Crippen LogP contribution in [0, 0.1) is 17.8 Å². The Hall–Kier alpha value is -1.70. The highest BCUT2D eigenvalue weighted by Crippen LogP contribution is 2.10. The lowest BCUT2D eigenvalue weighted by atomic mass is 10.1. The van der Waals surface area contributed by atoms with Crippen molar-refractivity contribution in [1.82, 2.24) is 5.32 Å². The number of carboxylic acid groups (broad SMARTS) is 1. The van der Waals surface area contributed by atoms with Gasteiger partial charge in [-0.15, -0.1) is 0 Å². The topological polar surface area (TPSA) is 75.6 Å². The van der Waals surface area contributed by atoms with Crippen LogP contribution in [0.3, 0.4) is 0 Å². The van der Waals surface area contributed by atoms with Gasteiger partial charge in [-0.05, 0) is 19.3 Å². The number of alkyl carbamates (subject to hydrolysis) is 1. The monoisotopic (exact) mass is 253 g/mol. The molecule has 0 spiro atoms. The number of amides is 1. The number of ether oxygens (including phenoxy) is 1. The summed E-state index contributed by atoms with van der Waals surface area (Å²) in [6.07, 6.45) is 3.83. The van der Waals surface area contributed by atoms with E-state index >= 15 is 0 Å². The van der Waals surface area contributed by atoms with Gasteiger partial charge < -0.3 is 15.2 Å². The zero-order chi connectivity index (χ0) is 13.4. The Morgan fingerprint density at radius 3 is 2.94 bits per heavy atom. The average molecular weight is 253 g/mol. The van der Waals surface area contributed by atoms with Crippen LogP contribution in [-0.2, 0) is 9.53 Å². The van der Waals surface area contributed by atoms with Crippen LogP contribution in [0.1, 0.15) is 39.0 Å². The number of carboxylic acids is 1. The predicted octanol–water partition coefficient (Wildman–Crippen LogP) is 1.77. The number of rotatable bonds is 4. The Bertz CT molecular complexity index is 356. The number of carbonyl (C=O) groups is 2. The van der Waals surface area contributed by atoms with Crippen LogP contribution in [0.5, 0.6) is 0 Å². The molecule has 0 saturated carbocycles. The van der Waals surface area contributed by atoms with E-state index in [1.54, 1.807) is 0 Å². The van der Waals surface area contributed by atoms with E-state index in [2.05, 4.69) is 17.2 Å². The summed E-state index contributed by atoms with van der Waals surface area (Å²) in [6, 6.07) is 0. The van der Waals surface area contributed by atoms with Crippen LogP contribution in [-0.4, -0.2) is 29.8 Å². The van der Waals surface area contributed by atoms with Gasteiger partial charge in [0.15, 0.2) is 6.10 Å². The molecule has 1 aliphatic rings. The Morgan fingerprint density at radius 2 is 2.22 bits per heavy atom. The summed E-state index contributed by atoms with van der Waals surface area (Å²) < 4.78 is 5.14. The Morgan fingerprint density at radius 1 is 1.44 bits per heavy atom. The van der Waals surface area contributed by atoms with Gasteiger partial charge in [-0.1, -0.05) is 25.2 Å². The first-order valence-electron chi connectivity index (χ1n) is 6.25. The lowest BCUT2D eigenvalue weighted by Gasteiger charge is -2.15. The minimum absolute atomic E-state index is 0.0638. The molecular formula is C13H19NO4. The normalized spacial score (nSPS) is 20.6. The number of hydrogen-bond acceptors (Lipinski definition) is 3. The number of carbonyl (C=O) groups excluding carboxylic acids is 1. The molecule has 0 bridgehead atoms. The maximum atomic E-state index is 11.4. The fraction of sp³-hybridized carbons (Fsp3) is 0.692. The third-order valence-electron chi connectivity index (χ3n) is 2.75. The van der Waals surface area contributed by atoms with Crippen LogP contribution >= 0.6 is 0 Å². The molecule has 5 nitrogen and oxygen atoms in total. The maximum absolute atomic E-state index is 11.4. The van der Waals surface area contributed by atoms with Crippen molar-refractivity contribution in [3.05, 3.63) is 0 Å². The van der Waals surface area contributed by atoms with Crippen LogP contribution in [0.25, 0.3) is 0 Å². The maximum Gasteiger partial charge on any atom is 0.408 e. The fourth-order valence-electron chi connectivity index (χ4n) is 1.56. The molecule has 1 aliphatic carbocycles. The molecule has 5 heteroatoms. The molecule has 0 aromatic carbocycles. The van der Waals surface area contributed by atoms with E-state index < -0.39 is 18.0 Å². The lowest BCUT2D eigenvalue weighted by Crippen LogP contribution is -2.34. The molecule has 2 unspecified atom stereocenters. The zero-order valence-corrected chi connectivity index (χ0v) is 10.6. The van der Waals surface area contributed by atoms with Gasteiger partial charge in [0.1, 0.15) is 0 Å². The Balaban J connectivity index is 2.32. The molecule has 0 aromatic rings. The molecule has 18 heavy (non-hydrogen) atoms. The van der Waals surface area contributed by atoms with Gasteiger partial charge in [-0.3, -0.25) is 4.79 Å². The SMILES string of the molecule is CC(CNC(=O)OC1C#CCCCCC1)C(=O)O. The summed E-state index contributed by atoms with van der Waals surface area (Å²) in [6.45, 7) is 1.59. The average Bonchev–Trinajstić information content (AvgIpc) is 2.29. The summed E-state index contributed by atoms with van der Waals surface area (Å²) in [4.78, 5) is 22.0. The first-order chi connectivity index (χ1) is 8.59. The summed E-state index contributed by atoms with van der Waals surface area (Å²) >= 11 is 0. The first-order valence-corrected chi connectivity index (χ1v) is 6.25. The molecule has 2 N–H and O–H groups in total. The minimum Gasteiger partial charge on any atom is -0.481 e.